The zero-order valence-corrected chi connectivity index (χ0v) is 15.5. The minimum absolute atomic E-state index is 0.159. The van der Waals surface area contributed by atoms with Gasteiger partial charge in [-0.25, -0.2) is 0 Å². The van der Waals surface area contributed by atoms with Gasteiger partial charge in [-0.05, 0) is 30.7 Å². The summed E-state index contributed by atoms with van der Waals surface area (Å²) >= 11 is 0. The lowest BCUT2D eigenvalue weighted by atomic mass is 10.0. The number of hydrogen-bond donors (Lipinski definition) is 1. The molecule has 0 spiro atoms. The van der Waals surface area contributed by atoms with Gasteiger partial charge in [0.25, 0.3) is 0 Å². The zero-order valence-electron chi connectivity index (χ0n) is 15.5. The quantitative estimate of drug-likeness (QED) is 0.531. The van der Waals surface area contributed by atoms with Crippen molar-refractivity contribution in [1.29, 1.82) is 0 Å². The molecule has 1 atom stereocenters. The molecule has 0 aliphatic heterocycles. The number of nitrogens with zero attached hydrogens (tertiary/aromatic N) is 3. The van der Waals surface area contributed by atoms with Gasteiger partial charge in [0.15, 0.2) is 0 Å². The van der Waals surface area contributed by atoms with Gasteiger partial charge >= 0.3 is 0 Å². The van der Waals surface area contributed by atoms with Crippen molar-refractivity contribution in [2.24, 2.45) is 0 Å². The predicted molar refractivity (Wildman–Crippen MR) is 106 cm³/mol. The molecule has 0 radical (unpaired) electrons. The first-order valence-corrected chi connectivity index (χ1v) is 9.01. The molecule has 5 heteroatoms. The Labute approximate surface area is 158 Å². The van der Waals surface area contributed by atoms with Gasteiger partial charge < -0.3 is 4.52 Å². The number of aromatic nitrogens is 3. The van der Waals surface area contributed by atoms with Crippen LogP contribution < -0.4 is 0 Å². The normalized spacial score (nSPS) is 12.4. The fourth-order valence-electron chi connectivity index (χ4n) is 3.21. The second kappa shape index (κ2) is 7.60. The molecule has 1 N–H and O–H groups in total. The van der Waals surface area contributed by atoms with Crippen molar-refractivity contribution in [3.63, 3.8) is 0 Å². The first kappa shape index (κ1) is 17.2. The largest absolute Gasteiger partial charge is 0.364 e. The molecule has 5 nitrogen and oxygen atoms in total. The highest BCUT2D eigenvalue weighted by molar-refractivity contribution is 5.69. The van der Waals surface area contributed by atoms with Crippen LogP contribution in [0, 0.1) is 0 Å². The number of H-pyrrole nitrogens is 1. The van der Waals surface area contributed by atoms with E-state index in [-0.39, 0.29) is 6.04 Å². The number of benzene rings is 2. The Balaban J connectivity index is 1.53. The summed E-state index contributed by atoms with van der Waals surface area (Å²) in [5, 5.41) is 11.5. The molecule has 0 unspecified atom stereocenters. The summed E-state index contributed by atoms with van der Waals surface area (Å²) < 4.78 is 4.97. The summed E-state index contributed by atoms with van der Waals surface area (Å²) in [7, 11) is 2.08. The Bertz CT molecular complexity index is 975. The Kier molecular flexibility index (Phi) is 4.85. The van der Waals surface area contributed by atoms with Crippen LogP contribution in [0.25, 0.3) is 22.4 Å². The third kappa shape index (κ3) is 3.68. The highest BCUT2D eigenvalue weighted by atomic mass is 16.5. The average Bonchev–Trinajstić information content (AvgIpc) is 3.40. The van der Waals surface area contributed by atoms with E-state index in [2.05, 4.69) is 82.8 Å². The van der Waals surface area contributed by atoms with Crippen LogP contribution in [0.1, 0.15) is 24.2 Å². The maximum absolute atomic E-state index is 4.97. The second-order valence-electron chi connectivity index (χ2n) is 6.73. The van der Waals surface area contributed by atoms with Gasteiger partial charge in [0.2, 0.25) is 0 Å². The van der Waals surface area contributed by atoms with Gasteiger partial charge in [0, 0.05) is 18.2 Å². The van der Waals surface area contributed by atoms with Crippen molar-refractivity contribution in [1.82, 2.24) is 20.3 Å². The topological polar surface area (TPSA) is 58.0 Å². The van der Waals surface area contributed by atoms with E-state index in [1.165, 1.54) is 11.1 Å². The van der Waals surface area contributed by atoms with Crippen molar-refractivity contribution in [2.45, 2.75) is 19.5 Å². The predicted octanol–water partition coefficient (Wildman–Crippen LogP) is 4.92. The molecular formula is C22H22N4O. The van der Waals surface area contributed by atoms with Crippen LogP contribution in [0.3, 0.4) is 0 Å². The van der Waals surface area contributed by atoms with Crippen molar-refractivity contribution in [3.05, 3.63) is 84.4 Å². The smallest absolute Gasteiger partial charge is 0.124 e. The summed E-state index contributed by atoms with van der Waals surface area (Å²) in [6.07, 6.45) is 3.50. The molecule has 27 heavy (non-hydrogen) atoms. The number of rotatable bonds is 6. The summed E-state index contributed by atoms with van der Waals surface area (Å²) in [5.74, 6) is 0. The molecule has 0 aliphatic rings. The molecule has 0 fully saturated rings. The number of aromatic amines is 1. The van der Waals surface area contributed by atoms with Crippen LogP contribution in [0.2, 0.25) is 0 Å². The Hall–Kier alpha value is -3.18. The fourth-order valence-corrected chi connectivity index (χ4v) is 3.21. The van der Waals surface area contributed by atoms with Crippen molar-refractivity contribution >= 4 is 0 Å². The van der Waals surface area contributed by atoms with E-state index in [1.54, 1.807) is 6.26 Å². The van der Waals surface area contributed by atoms with Crippen molar-refractivity contribution in [2.75, 3.05) is 7.05 Å². The van der Waals surface area contributed by atoms with E-state index < -0.39 is 0 Å². The van der Waals surface area contributed by atoms with Gasteiger partial charge in [-0.3, -0.25) is 10.00 Å². The van der Waals surface area contributed by atoms with E-state index in [0.29, 0.717) is 0 Å². The van der Waals surface area contributed by atoms with Gasteiger partial charge in [-0.1, -0.05) is 59.8 Å². The van der Waals surface area contributed by atoms with Gasteiger partial charge in [0.05, 0.1) is 17.9 Å². The second-order valence-corrected chi connectivity index (χ2v) is 6.73. The molecular weight excluding hydrogens is 336 g/mol. The lowest BCUT2D eigenvalue weighted by molar-refractivity contribution is 0.241. The van der Waals surface area contributed by atoms with Crippen LogP contribution >= 0.6 is 0 Å². The maximum Gasteiger partial charge on any atom is 0.124 e. The highest BCUT2D eigenvalue weighted by Crippen LogP contribution is 2.27. The zero-order chi connectivity index (χ0) is 18.6. The van der Waals surface area contributed by atoms with E-state index in [9.17, 15) is 0 Å². The Morgan fingerprint density at radius 3 is 2.37 bits per heavy atom. The van der Waals surface area contributed by atoms with Gasteiger partial charge in [0.1, 0.15) is 12.0 Å². The van der Waals surface area contributed by atoms with Gasteiger partial charge in [-0.15, -0.1) is 0 Å². The maximum atomic E-state index is 4.97. The van der Waals surface area contributed by atoms with Crippen LogP contribution in [0.15, 0.2) is 77.6 Å². The molecule has 136 valence electrons. The van der Waals surface area contributed by atoms with E-state index in [1.807, 2.05) is 18.3 Å². The van der Waals surface area contributed by atoms with Crippen LogP contribution in [0.4, 0.5) is 0 Å². The van der Waals surface area contributed by atoms with Crippen LogP contribution in [-0.2, 0) is 6.54 Å². The molecule has 0 aliphatic carbocycles. The Morgan fingerprint density at radius 1 is 0.963 bits per heavy atom. The van der Waals surface area contributed by atoms with Crippen LogP contribution in [-0.4, -0.2) is 27.3 Å². The van der Waals surface area contributed by atoms with Crippen molar-refractivity contribution < 1.29 is 4.52 Å². The highest BCUT2D eigenvalue weighted by Gasteiger charge is 2.17. The third-order valence-electron chi connectivity index (χ3n) is 4.97. The number of nitrogens with one attached hydrogen (secondary N) is 1. The molecule has 2 aromatic carbocycles. The summed E-state index contributed by atoms with van der Waals surface area (Å²) in [6.45, 7) is 2.88. The Morgan fingerprint density at radius 2 is 1.67 bits per heavy atom. The first-order valence-electron chi connectivity index (χ1n) is 9.01. The van der Waals surface area contributed by atoms with Gasteiger partial charge in [-0.2, -0.15) is 5.10 Å². The molecule has 4 rings (SSSR count). The third-order valence-corrected chi connectivity index (χ3v) is 4.97. The fraction of sp³-hybridized carbons (Fsp3) is 0.182. The first-order chi connectivity index (χ1) is 13.2. The lowest BCUT2D eigenvalue weighted by Gasteiger charge is -2.22. The molecule has 2 heterocycles. The molecule has 4 aromatic rings. The average molecular weight is 358 g/mol. The molecule has 0 saturated carbocycles. The molecule has 0 saturated heterocycles. The summed E-state index contributed by atoms with van der Waals surface area (Å²) in [6, 6.07) is 21.0. The lowest BCUT2D eigenvalue weighted by Crippen LogP contribution is -2.22. The summed E-state index contributed by atoms with van der Waals surface area (Å²) in [4.78, 5) is 2.23. The van der Waals surface area contributed by atoms with Crippen molar-refractivity contribution in [3.8, 4) is 22.4 Å². The molecule has 0 amide bonds. The molecule has 2 aromatic heterocycles. The summed E-state index contributed by atoms with van der Waals surface area (Å²) in [5.41, 5.74) is 6.68. The SMILES string of the molecule is C[C@H](c1ccon1)N(C)Cc1cn[nH]c1-c1ccc(-c2ccccc2)cc1. The monoisotopic (exact) mass is 358 g/mol. The molecule has 0 bridgehead atoms. The standard InChI is InChI=1S/C22H22N4O/c1-16(21-12-13-27-25-21)26(2)15-20-14-23-24-22(20)19-10-8-18(9-11-19)17-6-4-3-5-7-17/h3-14,16H,15H2,1-2H3,(H,23,24)/t16-/m1/s1. The van der Waals surface area contributed by atoms with E-state index >= 15 is 0 Å². The van der Waals surface area contributed by atoms with E-state index in [0.717, 1.165) is 29.1 Å². The minimum Gasteiger partial charge on any atom is -0.364 e. The number of hydrogen-bond acceptors (Lipinski definition) is 4. The van der Waals surface area contributed by atoms with E-state index in [4.69, 9.17) is 4.52 Å². The minimum atomic E-state index is 0.159. The van der Waals surface area contributed by atoms with Crippen LogP contribution in [0.5, 0.6) is 0 Å².